The minimum atomic E-state index is -4.57. The van der Waals surface area contributed by atoms with Gasteiger partial charge in [-0.3, -0.25) is 9.59 Å². The molecule has 248 valence electrons. The Hall–Kier alpha value is -3.32. The van der Waals surface area contributed by atoms with E-state index in [2.05, 4.69) is 5.32 Å². The number of carbonyl (C=O) groups is 4. The molecule has 10 nitrogen and oxygen atoms in total. The van der Waals surface area contributed by atoms with E-state index in [0.29, 0.717) is 18.4 Å². The molecule has 1 saturated carbocycles. The molecule has 1 aromatic carbocycles. The Morgan fingerprint density at radius 1 is 1.18 bits per heavy atom. The van der Waals surface area contributed by atoms with E-state index in [1.165, 1.54) is 15.9 Å². The van der Waals surface area contributed by atoms with Crippen LogP contribution in [0.1, 0.15) is 68.6 Å². The number of amides is 3. The lowest BCUT2D eigenvalue weighted by atomic mass is 9.95. The summed E-state index contributed by atoms with van der Waals surface area (Å²) < 4.78 is 51.9. The molecule has 3 aliphatic heterocycles. The van der Waals surface area contributed by atoms with Gasteiger partial charge in [0.05, 0.1) is 24.8 Å². The second-order valence-electron chi connectivity index (χ2n) is 12.0. The van der Waals surface area contributed by atoms with E-state index in [-0.39, 0.29) is 63.0 Å². The normalized spacial score (nSPS) is 29.4. The second-order valence-corrected chi connectivity index (χ2v) is 12.0. The summed E-state index contributed by atoms with van der Waals surface area (Å²) in [6.45, 7) is 1.60. The highest BCUT2D eigenvalue weighted by Crippen LogP contribution is 2.46. The number of ether oxygens (including phenoxy) is 2. The summed E-state index contributed by atoms with van der Waals surface area (Å²) in [4.78, 5) is 55.8. The smallest absolute Gasteiger partial charge is 0.416 e. The molecule has 0 radical (unpaired) electrons. The van der Waals surface area contributed by atoms with Crippen LogP contribution in [0.3, 0.4) is 0 Å². The van der Waals surface area contributed by atoms with Gasteiger partial charge in [0.15, 0.2) is 0 Å². The number of nitrogens with zero attached hydrogens (tertiary/aromatic N) is 2. The van der Waals surface area contributed by atoms with Crippen molar-refractivity contribution in [3.63, 3.8) is 0 Å². The van der Waals surface area contributed by atoms with Crippen molar-refractivity contribution in [1.82, 2.24) is 15.1 Å². The van der Waals surface area contributed by atoms with Crippen molar-refractivity contribution in [2.45, 2.75) is 94.7 Å². The van der Waals surface area contributed by atoms with Crippen LogP contribution in [0.5, 0.6) is 0 Å². The van der Waals surface area contributed by atoms with Crippen molar-refractivity contribution >= 4 is 36.3 Å². The van der Waals surface area contributed by atoms with Crippen LogP contribution in [0.4, 0.5) is 18.0 Å². The van der Waals surface area contributed by atoms with Gasteiger partial charge in [-0.05, 0) is 56.2 Å². The van der Waals surface area contributed by atoms with E-state index in [9.17, 15) is 32.3 Å². The van der Waals surface area contributed by atoms with Gasteiger partial charge in [-0.1, -0.05) is 37.1 Å². The Morgan fingerprint density at radius 3 is 2.69 bits per heavy atom. The molecule has 45 heavy (non-hydrogen) atoms. The molecule has 0 bridgehead atoms. The van der Waals surface area contributed by atoms with E-state index >= 15 is 0 Å². The molecule has 4 aliphatic rings. The maximum atomic E-state index is 13.7. The number of rotatable bonds is 3. The van der Waals surface area contributed by atoms with E-state index in [4.69, 9.17) is 15.2 Å². The fraction of sp³-hybridized carbons (Fsp3) is 0.613. The topological polar surface area (TPSA) is 131 Å². The molecule has 1 aromatic rings. The fourth-order valence-corrected chi connectivity index (χ4v) is 6.51. The van der Waals surface area contributed by atoms with Crippen molar-refractivity contribution in [3.8, 4) is 0 Å². The number of alkyl halides is 3. The first-order valence-corrected chi connectivity index (χ1v) is 15.3. The highest BCUT2D eigenvalue weighted by atomic mass is 35.5. The van der Waals surface area contributed by atoms with Gasteiger partial charge < -0.3 is 30.3 Å². The monoisotopic (exact) mass is 656 g/mol. The third-order valence-electron chi connectivity index (χ3n) is 9.02. The molecule has 5 unspecified atom stereocenters. The summed E-state index contributed by atoms with van der Waals surface area (Å²) in [6, 6.07) is 2.03. The van der Waals surface area contributed by atoms with E-state index < -0.39 is 59.3 Å². The number of nitrogens with one attached hydrogen (secondary N) is 1. The lowest BCUT2D eigenvalue weighted by molar-refractivity contribution is -0.150. The molecule has 5 atom stereocenters. The quantitative estimate of drug-likeness (QED) is 0.373. The predicted molar refractivity (Wildman–Crippen MR) is 159 cm³/mol. The van der Waals surface area contributed by atoms with Crippen LogP contribution in [-0.2, 0) is 43.0 Å². The average molecular weight is 657 g/mol. The van der Waals surface area contributed by atoms with Crippen LogP contribution in [0.25, 0.3) is 0 Å². The Labute approximate surface area is 266 Å². The Kier molecular flexibility index (Phi) is 10.7. The van der Waals surface area contributed by atoms with Gasteiger partial charge in [-0.15, -0.1) is 12.4 Å². The first-order valence-electron chi connectivity index (χ1n) is 15.3. The number of hydrogen-bond acceptors (Lipinski definition) is 7. The van der Waals surface area contributed by atoms with Crippen molar-refractivity contribution in [2.24, 2.45) is 11.7 Å². The van der Waals surface area contributed by atoms with Gasteiger partial charge in [0, 0.05) is 25.4 Å². The minimum Gasteiger partial charge on any atom is -0.464 e. The number of benzene rings is 1. The van der Waals surface area contributed by atoms with Crippen LogP contribution in [0.15, 0.2) is 30.4 Å². The number of halogens is 4. The van der Waals surface area contributed by atoms with E-state index in [1.807, 2.05) is 12.2 Å². The molecule has 0 aromatic heterocycles. The second kappa shape index (κ2) is 14.0. The van der Waals surface area contributed by atoms with Crippen LogP contribution in [0.2, 0.25) is 0 Å². The van der Waals surface area contributed by atoms with Crippen LogP contribution >= 0.6 is 12.4 Å². The fourth-order valence-electron chi connectivity index (χ4n) is 6.51. The molecule has 14 heteroatoms. The lowest BCUT2D eigenvalue weighted by Gasteiger charge is -2.31. The van der Waals surface area contributed by atoms with Gasteiger partial charge in [-0.2, -0.15) is 13.2 Å². The molecular weight excluding hydrogens is 617 g/mol. The molecule has 3 N–H and O–H groups in total. The molecule has 1 aliphatic carbocycles. The number of fused-ring (bicyclic) bond motifs is 3. The minimum absolute atomic E-state index is 0. The maximum Gasteiger partial charge on any atom is 0.416 e. The number of esters is 1. The summed E-state index contributed by atoms with van der Waals surface area (Å²) in [6.07, 6.45) is 1.85. The van der Waals surface area contributed by atoms with Gasteiger partial charge in [0.2, 0.25) is 11.8 Å². The Morgan fingerprint density at radius 2 is 1.96 bits per heavy atom. The molecule has 3 heterocycles. The molecular formula is C31H40ClF3N4O6. The first kappa shape index (κ1) is 34.6. The third kappa shape index (κ3) is 7.40. The van der Waals surface area contributed by atoms with Crippen molar-refractivity contribution in [1.29, 1.82) is 0 Å². The van der Waals surface area contributed by atoms with Crippen molar-refractivity contribution in [2.75, 3.05) is 19.7 Å². The number of hydrogen-bond donors (Lipinski definition) is 2. The highest BCUT2D eigenvalue weighted by molar-refractivity contribution is 5.96. The van der Waals surface area contributed by atoms with Crippen LogP contribution in [-0.4, -0.2) is 77.1 Å². The number of carbonyl (C=O) groups excluding carboxylic acids is 4. The SMILES string of the molecule is CCOC(=O)C12CC1/C=C/CCCCCC(N)C(=O)N1CC(OC(=O)N3CCc4cccc(C(F)(F)F)c4C3)CC1C(=O)N2.Cl. The summed E-state index contributed by atoms with van der Waals surface area (Å²) in [5.41, 5.74) is 4.76. The van der Waals surface area contributed by atoms with Crippen molar-refractivity contribution in [3.05, 3.63) is 47.0 Å². The third-order valence-corrected chi connectivity index (χ3v) is 9.02. The summed E-state index contributed by atoms with van der Waals surface area (Å²) in [5.74, 6) is -1.84. The standard InChI is InChI=1S/C31H39F3N4O6.ClH/c1-2-43-28(41)30-16-20(30)10-6-4-3-5-7-12-24(35)27(40)38-17-21(15-25(38)26(39)36-30)44-29(42)37-14-13-19-9-8-11-23(22(19)18-37)31(32,33)34;/h6,8-11,20-21,24-25H,2-5,7,12-18,35H2,1H3,(H,36,39);1H/b10-6+;. The van der Waals surface area contributed by atoms with Gasteiger partial charge in [0.25, 0.3) is 0 Å². The van der Waals surface area contributed by atoms with Gasteiger partial charge >= 0.3 is 18.2 Å². The summed E-state index contributed by atoms with van der Waals surface area (Å²) in [7, 11) is 0. The predicted octanol–water partition coefficient (Wildman–Crippen LogP) is 3.88. The first-order chi connectivity index (χ1) is 20.9. The van der Waals surface area contributed by atoms with E-state index in [1.54, 1.807) is 13.0 Å². The zero-order valence-corrected chi connectivity index (χ0v) is 26.0. The van der Waals surface area contributed by atoms with Gasteiger partial charge in [0.1, 0.15) is 17.7 Å². The largest absolute Gasteiger partial charge is 0.464 e. The molecule has 3 amide bonds. The molecule has 5 rings (SSSR count). The number of nitrogens with two attached hydrogens (primary N) is 1. The molecule has 0 spiro atoms. The maximum absolute atomic E-state index is 13.7. The summed E-state index contributed by atoms with van der Waals surface area (Å²) >= 11 is 0. The van der Waals surface area contributed by atoms with Crippen LogP contribution in [0, 0.1) is 5.92 Å². The van der Waals surface area contributed by atoms with Gasteiger partial charge in [-0.25, -0.2) is 9.59 Å². The zero-order chi connectivity index (χ0) is 31.6. The molecule has 2 fully saturated rings. The van der Waals surface area contributed by atoms with E-state index in [0.717, 1.165) is 31.7 Å². The van der Waals surface area contributed by atoms with Crippen LogP contribution < -0.4 is 11.1 Å². The lowest BCUT2D eigenvalue weighted by Crippen LogP contribution is -2.55. The Balaban J connectivity index is 0.00000461. The summed E-state index contributed by atoms with van der Waals surface area (Å²) in [5, 5.41) is 2.84. The highest BCUT2D eigenvalue weighted by Gasteiger charge is 2.62. The zero-order valence-electron chi connectivity index (χ0n) is 25.1. The van der Waals surface area contributed by atoms with Crippen molar-refractivity contribution < 1.29 is 41.8 Å². The number of allylic oxidation sites excluding steroid dienone is 1. The average Bonchev–Trinajstić information content (AvgIpc) is 3.52. The Bertz CT molecular complexity index is 1330. The molecule has 1 saturated heterocycles.